The molecule has 0 saturated heterocycles. The molecule has 1 unspecified atom stereocenters. The van der Waals surface area contributed by atoms with Gasteiger partial charge >= 0.3 is 5.69 Å². The molecule has 4 aromatic rings. The summed E-state index contributed by atoms with van der Waals surface area (Å²) in [6.07, 6.45) is 5.69. The zero-order valence-corrected chi connectivity index (χ0v) is 21.3. The molecule has 3 heterocycles. The van der Waals surface area contributed by atoms with Crippen LogP contribution in [0.2, 0.25) is 10.0 Å². The Hall–Kier alpha value is -3.85. The highest BCUT2D eigenvalue weighted by atomic mass is 35.5. The number of sulfonamides is 1. The minimum Gasteiger partial charge on any atom is -0.368 e. The fourth-order valence-electron chi connectivity index (χ4n) is 3.30. The van der Waals surface area contributed by atoms with Crippen molar-refractivity contribution in [3.8, 4) is 22.6 Å². The van der Waals surface area contributed by atoms with Gasteiger partial charge in [0.1, 0.15) is 17.5 Å². The summed E-state index contributed by atoms with van der Waals surface area (Å²) in [4.78, 5) is 30.8. The van der Waals surface area contributed by atoms with E-state index in [0.717, 1.165) is 12.3 Å². The van der Waals surface area contributed by atoms with E-state index in [-0.39, 0.29) is 18.2 Å². The zero-order chi connectivity index (χ0) is 26.7. The highest BCUT2D eigenvalue weighted by molar-refractivity contribution is 7.92. The molecule has 37 heavy (non-hydrogen) atoms. The van der Waals surface area contributed by atoms with Crippen molar-refractivity contribution >= 4 is 50.5 Å². The molecule has 0 radical (unpaired) electrons. The number of nitrogens with one attached hydrogen (secondary N) is 3. The summed E-state index contributed by atoms with van der Waals surface area (Å²) in [5.74, 6) is 0.519. The number of benzene rings is 1. The van der Waals surface area contributed by atoms with Crippen LogP contribution in [0.3, 0.4) is 0 Å². The number of hydrogen-bond acceptors (Lipinski definition) is 10. The van der Waals surface area contributed by atoms with Crippen LogP contribution in [0.5, 0.6) is 0 Å². The smallest absolute Gasteiger partial charge is 0.312 e. The minimum atomic E-state index is -3.80. The normalized spacial score (nSPS) is 12.2. The summed E-state index contributed by atoms with van der Waals surface area (Å²) in [5.41, 5.74) is 7.49. The zero-order valence-electron chi connectivity index (χ0n) is 19.0. The number of H-pyrrole nitrogens is 1. The molecular formula is C21H19Cl2N9O4S. The molecule has 0 aliphatic rings. The highest BCUT2D eigenvalue weighted by Crippen LogP contribution is 2.35. The van der Waals surface area contributed by atoms with Crippen molar-refractivity contribution in [3.05, 3.63) is 74.9 Å². The second kappa shape index (κ2) is 10.6. The number of pyridine rings is 1. The van der Waals surface area contributed by atoms with Crippen LogP contribution in [0.4, 0.5) is 17.3 Å². The van der Waals surface area contributed by atoms with E-state index in [1.165, 1.54) is 6.07 Å². The van der Waals surface area contributed by atoms with Crippen LogP contribution in [0.15, 0.2) is 48.9 Å². The number of aromatic amines is 1. The molecule has 0 spiro atoms. The number of rotatable bonds is 9. The summed E-state index contributed by atoms with van der Waals surface area (Å²) in [7, 11) is -3.80. The number of halogens is 2. The van der Waals surface area contributed by atoms with Crippen LogP contribution in [-0.2, 0) is 10.0 Å². The Morgan fingerprint density at radius 1 is 1.16 bits per heavy atom. The Balaban J connectivity index is 1.62. The maximum absolute atomic E-state index is 11.6. The summed E-state index contributed by atoms with van der Waals surface area (Å²) < 4.78 is 25.2. The Morgan fingerprint density at radius 3 is 2.59 bits per heavy atom. The summed E-state index contributed by atoms with van der Waals surface area (Å²) >= 11 is 12.5. The first kappa shape index (κ1) is 26.2. The Bertz CT molecular complexity index is 1570. The maximum Gasteiger partial charge on any atom is 0.312 e. The van der Waals surface area contributed by atoms with E-state index in [0.29, 0.717) is 32.7 Å². The van der Waals surface area contributed by atoms with Crippen LogP contribution in [0.1, 0.15) is 11.9 Å². The summed E-state index contributed by atoms with van der Waals surface area (Å²) in [6, 6.07) is 6.71. The van der Waals surface area contributed by atoms with Crippen molar-refractivity contribution in [2.75, 3.05) is 22.8 Å². The largest absolute Gasteiger partial charge is 0.368 e. The van der Waals surface area contributed by atoms with Gasteiger partial charge in [-0.2, -0.15) is 0 Å². The van der Waals surface area contributed by atoms with Gasteiger partial charge in [-0.05, 0) is 24.3 Å². The van der Waals surface area contributed by atoms with E-state index in [9.17, 15) is 18.5 Å². The SMILES string of the molecule is CS(=O)(=O)Nc1nc(NCC(N)c2ncc(-c3ncc[nH]3)c(-c3ccc(Cl)cc3Cl)n2)ccc1[N+](=O)[O-]. The second-order valence-electron chi connectivity index (χ2n) is 7.74. The molecule has 4 rings (SSSR count). The van der Waals surface area contributed by atoms with Crippen LogP contribution < -0.4 is 15.8 Å². The number of anilines is 2. The molecule has 5 N–H and O–H groups in total. The first-order valence-electron chi connectivity index (χ1n) is 10.5. The lowest BCUT2D eigenvalue weighted by atomic mass is 10.1. The average molecular weight is 564 g/mol. The third kappa shape index (κ3) is 6.29. The number of nitrogens with zero attached hydrogens (tertiary/aromatic N) is 5. The summed E-state index contributed by atoms with van der Waals surface area (Å²) in [5, 5.41) is 15.0. The topological polar surface area (TPSA) is 195 Å². The molecule has 192 valence electrons. The monoisotopic (exact) mass is 563 g/mol. The Kier molecular flexibility index (Phi) is 7.54. The number of nitrogens with two attached hydrogens (primary N) is 1. The molecule has 0 saturated carbocycles. The number of aromatic nitrogens is 5. The number of imidazole rings is 1. The maximum atomic E-state index is 11.6. The first-order chi connectivity index (χ1) is 17.5. The predicted molar refractivity (Wildman–Crippen MR) is 140 cm³/mol. The minimum absolute atomic E-state index is 0.0665. The van der Waals surface area contributed by atoms with Crippen LogP contribution in [-0.4, -0.2) is 51.1 Å². The lowest BCUT2D eigenvalue weighted by Crippen LogP contribution is -2.24. The third-order valence-corrected chi connectivity index (χ3v) is 6.05. The fraction of sp³-hybridized carbons (Fsp3) is 0.143. The second-order valence-corrected chi connectivity index (χ2v) is 10.3. The van der Waals surface area contributed by atoms with Crippen LogP contribution >= 0.6 is 23.2 Å². The van der Waals surface area contributed by atoms with Crippen LogP contribution in [0, 0.1) is 10.1 Å². The van der Waals surface area contributed by atoms with Crippen LogP contribution in [0.25, 0.3) is 22.6 Å². The van der Waals surface area contributed by atoms with Gasteiger partial charge in [-0.3, -0.25) is 14.8 Å². The van der Waals surface area contributed by atoms with Gasteiger partial charge in [-0.15, -0.1) is 0 Å². The molecule has 1 atom stereocenters. The fourth-order valence-corrected chi connectivity index (χ4v) is 4.30. The molecule has 1 aromatic carbocycles. The molecule has 0 amide bonds. The van der Waals surface area contributed by atoms with Gasteiger partial charge in [0.25, 0.3) is 0 Å². The van der Waals surface area contributed by atoms with E-state index in [4.69, 9.17) is 28.9 Å². The van der Waals surface area contributed by atoms with Gasteiger partial charge in [0.15, 0.2) is 0 Å². The molecule has 0 aliphatic heterocycles. The molecule has 0 bridgehead atoms. The quantitative estimate of drug-likeness (QED) is 0.172. The Labute approximate surface area is 220 Å². The third-order valence-electron chi connectivity index (χ3n) is 4.93. The van der Waals surface area contributed by atoms with Crippen molar-refractivity contribution in [2.24, 2.45) is 5.73 Å². The van der Waals surface area contributed by atoms with Crippen molar-refractivity contribution in [1.29, 1.82) is 0 Å². The molecule has 0 fully saturated rings. The van der Waals surface area contributed by atoms with Gasteiger partial charge in [0, 0.05) is 41.8 Å². The molecule has 3 aromatic heterocycles. The number of hydrogen-bond donors (Lipinski definition) is 4. The van der Waals surface area contributed by atoms with E-state index >= 15 is 0 Å². The molecule has 13 nitrogen and oxygen atoms in total. The van der Waals surface area contributed by atoms with E-state index < -0.39 is 32.5 Å². The van der Waals surface area contributed by atoms with E-state index in [2.05, 4.69) is 30.2 Å². The van der Waals surface area contributed by atoms with E-state index in [1.54, 1.807) is 36.8 Å². The standard InChI is InChI=1S/C21H19Cl2N9O4S/c1-37(35,36)31-21-16(32(33)34)4-5-17(29-21)27-10-15(24)20-28-9-13(19-25-6-7-26-19)18(30-20)12-3-2-11(22)8-14(12)23/h2-9,15H,10,24H2,1H3,(H,25,26)(H2,27,29,31). The van der Waals surface area contributed by atoms with Crippen molar-refractivity contribution in [3.63, 3.8) is 0 Å². The van der Waals surface area contributed by atoms with Gasteiger partial charge in [0.2, 0.25) is 15.8 Å². The molecule has 16 heteroatoms. The van der Waals surface area contributed by atoms with E-state index in [1.807, 2.05) is 4.72 Å². The highest BCUT2D eigenvalue weighted by Gasteiger charge is 2.21. The van der Waals surface area contributed by atoms with Crippen molar-refractivity contribution in [1.82, 2.24) is 24.9 Å². The van der Waals surface area contributed by atoms with Crippen molar-refractivity contribution in [2.45, 2.75) is 6.04 Å². The average Bonchev–Trinajstić information content (AvgIpc) is 3.36. The van der Waals surface area contributed by atoms with Gasteiger partial charge in [-0.25, -0.2) is 28.4 Å². The molecular weight excluding hydrogens is 545 g/mol. The lowest BCUT2D eigenvalue weighted by molar-refractivity contribution is -0.384. The van der Waals surface area contributed by atoms with Gasteiger partial charge < -0.3 is 16.0 Å². The summed E-state index contributed by atoms with van der Waals surface area (Å²) in [6.45, 7) is 0.0665. The van der Waals surface area contributed by atoms with Crippen molar-refractivity contribution < 1.29 is 13.3 Å². The van der Waals surface area contributed by atoms with Gasteiger partial charge in [-0.1, -0.05) is 23.2 Å². The Morgan fingerprint density at radius 2 is 1.95 bits per heavy atom. The predicted octanol–water partition coefficient (Wildman–Crippen LogP) is 3.63. The van der Waals surface area contributed by atoms with Gasteiger partial charge in [0.05, 0.1) is 33.5 Å². The molecule has 0 aliphatic carbocycles. The first-order valence-corrected chi connectivity index (χ1v) is 13.1. The lowest BCUT2D eigenvalue weighted by Gasteiger charge is -2.16. The number of nitro groups is 1.